The van der Waals surface area contributed by atoms with Gasteiger partial charge in [0.25, 0.3) is 0 Å². The van der Waals surface area contributed by atoms with Crippen molar-refractivity contribution in [2.45, 2.75) is 37.5 Å². The van der Waals surface area contributed by atoms with Crippen LogP contribution in [-0.4, -0.2) is 50.6 Å². The number of piperazine rings is 1. The van der Waals surface area contributed by atoms with Gasteiger partial charge in [0, 0.05) is 35.3 Å². The topological polar surface area (TPSA) is 82.6 Å². The number of thiophene rings is 1. The Hall–Kier alpha value is -2.94. The van der Waals surface area contributed by atoms with Gasteiger partial charge in [0.2, 0.25) is 17.7 Å². The van der Waals surface area contributed by atoms with E-state index in [2.05, 4.69) is 10.3 Å². The summed E-state index contributed by atoms with van der Waals surface area (Å²) in [6, 6.07) is 13.6. The number of rotatable bonds is 9. The quantitative estimate of drug-likeness (QED) is 0.336. The molecule has 1 N–H and O–H groups in total. The van der Waals surface area contributed by atoms with Crippen LogP contribution in [0, 0.1) is 0 Å². The van der Waals surface area contributed by atoms with Crippen molar-refractivity contribution in [3.8, 4) is 0 Å². The van der Waals surface area contributed by atoms with E-state index in [1.165, 1.54) is 21.1 Å². The molecule has 3 heterocycles. The summed E-state index contributed by atoms with van der Waals surface area (Å²) in [5.74, 6) is -0.923. The Bertz CT molecular complexity index is 1160. The number of carbonyl (C=O) groups is 3. The number of benzene rings is 1. The van der Waals surface area contributed by atoms with E-state index in [-0.39, 0.29) is 37.2 Å². The van der Waals surface area contributed by atoms with E-state index in [4.69, 9.17) is 23.2 Å². The third kappa shape index (κ3) is 6.60. The Morgan fingerprint density at radius 2 is 1.86 bits per heavy atom. The SMILES string of the molecule is O=C(CC1C(=O)N(C(Cl)Cc2ccc(Cl)cc2)CC(=O)N1Cc1ccncc1)NCc1cccs1. The highest BCUT2D eigenvalue weighted by atomic mass is 35.5. The molecule has 7 nitrogen and oxygen atoms in total. The molecule has 0 bridgehead atoms. The van der Waals surface area contributed by atoms with Gasteiger partial charge < -0.3 is 15.1 Å². The molecule has 3 amide bonds. The van der Waals surface area contributed by atoms with E-state index < -0.39 is 11.5 Å². The minimum atomic E-state index is -0.959. The van der Waals surface area contributed by atoms with Crippen molar-refractivity contribution < 1.29 is 14.4 Å². The lowest BCUT2D eigenvalue weighted by molar-refractivity contribution is -0.158. The summed E-state index contributed by atoms with van der Waals surface area (Å²) in [6.45, 7) is 0.418. The van der Waals surface area contributed by atoms with E-state index in [0.29, 0.717) is 18.0 Å². The van der Waals surface area contributed by atoms with Crippen molar-refractivity contribution >= 4 is 52.3 Å². The van der Waals surface area contributed by atoms with Gasteiger partial charge in [0.15, 0.2) is 0 Å². The van der Waals surface area contributed by atoms with Gasteiger partial charge in [-0.05, 0) is 46.8 Å². The number of halogens is 2. The highest BCUT2D eigenvalue weighted by Crippen LogP contribution is 2.24. The third-order valence-electron chi connectivity index (χ3n) is 5.75. The maximum absolute atomic E-state index is 13.6. The lowest BCUT2D eigenvalue weighted by atomic mass is 10.0. The molecule has 0 saturated carbocycles. The van der Waals surface area contributed by atoms with Crippen LogP contribution in [0.3, 0.4) is 0 Å². The molecule has 1 saturated heterocycles. The largest absolute Gasteiger partial charge is 0.351 e. The molecule has 4 rings (SSSR count). The fourth-order valence-electron chi connectivity index (χ4n) is 3.90. The number of nitrogens with one attached hydrogen (secondary N) is 1. The normalized spacial score (nSPS) is 16.9. The maximum Gasteiger partial charge on any atom is 0.247 e. The molecule has 3 aromatic rings. The predicted molar refractivity (Wildman–Crippen MR) is 136 cm³/mol. The number of pyridine rings is 1. The van der Waals surface area contributed by atoms with Gasteiger partial charge in [-0.15, -0.1) is 11.3 Å². The monoisotopic (exact) mass is 530 g/mol. The van der Waals surface area contributed by atoms with Gasteiger partial charge in [-0.1, -0.05) is 41.4 Å². The molecule has 35 heavy (non-hydrogen) atoms. The van der Waals surface area contributed by atoms with Gasteiger partial charge in [-0.3, -0.25) is 19.4 Å². The van der Waals surface area contributed by atoms with Crippen molar-refractivity contribution in [3.63, 3.8) is 0 Å². The van der Waals surface area contributed by atoms with Crippen LogP contribution in [0.2, 0.25) is 5.02 Å². The first-order chi connectivity index (χ1) is 16.9. The molecule has 2 atom stereocenters. The second kappa shape index (κ2) is 11.7. The van der Waals surface area contributed by atoms with Crippen LogP contribution < -0.4 is 5.32 Å². The molecule has 1 fully saturated rings. The fourth-order valence-corrected chi connectivity index (χ4v) is 5.02. The van der Waals surface area contributed by atoms with Gasteiger partial charge in [0.05, 0.1) is 13.0 Å². The van der Waals surface area contributed by atoms with Crippen LogP contribution in [0.1, 0.15) is 22.4 Å². The molecule has 2 aromatic heterocycles. The first-order valence-corrected chi connectivity index (χ1v) is 12.8. The molecule has 0 spiro atoms. The van der Waals surface area contributed by atoms with Crippen LogP contribution in [0.5, 0.6) is 0 Å². The number of alkyl halides is 1. The predicted octanol–water partition coefficient (Wildman–Crippen LogP) is 3.85. The molecule has 1 aromatic carbocycles. The van der Waals surface area contributed by atoms with Gasteiger partial charge in [0.1, 0.15) is 18.1 Å². The summed E-state index contributed by atoms with van der Waals surface area (Å²) in [7, 11) is 0. The number of aromatic nitrogens is 1. The smallest absolute Gasteiger partial charge is 0.247 e. The van der Waals surface area contributed by atoms with Gasteiger partial charge >= 0.3 is 0 Å². The van der Waals surface area contributed by atoms with E-state index in [1.807, 2.05) is 29.6 Å². The third-order valence-corrected chi connectivity index (χ3v) is 7.27. The number of carbonyl (C=O) groups excluding carboxylic acids is 3. The van der Waals surface area contributed by atoms with Crippen molar-refractivity contribution in [2.24, 2.45) is 0 Å². The van der Waals surface area contributed by atoms with E-state index >= 15 is 0 Å². The number of nitrogens with zero attached hydrogens (tertiary/aromatic N) is 3. The lowest BCUT2D eigenvalue weighted by Gasteiger charge is -2.41. The second-order valence-corrected chi connectivity index (χ2v) is 10.2. The Labute approximate surface area is 217 Å². The van der Waals surface area contributed by atoms with Crippen LogP contribution in [0.25, 0.3) is 0 Å². The van der Waals surface area contributed by atoms with Crippen LogP contribution in [-0.2, 0) is 33.9 Å². The van der Waals surface area contributed by atoms with Crippen molar-refractivity contribution in [1.29, 1.82) is 0 Å². The van der Waals surface area contributed by atoms with Crippen LogP contribution in [0.4, 0.5) is 0 Å². The zero-order valence-electron chi connectivity index (χ0n) is 18.8. The molecule has 10 heteroatoms. The Morgan fingerprint density at radius 3 is 2.54 bits per heavy atom. The first-order valence-electron chi connectivity index (χ1n) is 11.1. The summed E-state index contributed by atoms with van der Waals surface area (Å²) >= 11 is 14.1. The van der Waals surface area contributed by atoms with Crippen LogP contribution in [0.15, 0.2) is 66.3 Å². The molecule has 0 radical (unpaired) electrons. The Balaban J connectivity index is 1.51. The Morgan fingerprint density at radius 1 is 1.11 bits per heavy atom. The van der Waals surface area contributed by atoms with Gasteiger partial charge in [-0.2, -0.15) is 0 Å². The van der Waals surface area contributed by atoms with E-state index in [9.17, 15) is 14.4 Å². The number of hydrogen-bond donors (Lipinski definition) is 1. The number of amides is 3. The molecule has 0 aliphatic carbocycles. The average molecular weight is 531 g/mol. The molecule has 2 unspecified atom stereocenters. The fraction of sp³-hybridized carbons (Fsp3) is 0.280. The van der Waals surface area contributed by atoms with Crippen LogP contribution >= 0.6 is 34.5 Å². The summed E-state index contributed by atoms with van der Waals surface area (Å²) < 4.78 is 0. The van der Waals surface area contributed by atoms with E-state index in [0.717, 1.165) is 16.0 Å². The zero-order valence-corrected chi connectivity index (χ0v) is 21.1. The molecule has 1 aliphatic heterocycles. The summed E-state index contributed by atoms with van der Waals surface area (Å²) in [5.41, 5.74) is 0.966. The zero-order chi connectivity index (χ0) is 24.8. The molecular formula is C25H24Cl2N4O3S. The van der Waals surface area contributed by atoms with Crippen molar-refractivity contribution in [2.75, 3.05) is 6.54 Å². The number of hydrogen-bond acceptors (Lipinski definition) is 5. The Kier molecular flexibility index (Phi) is 8.38. The van der Waals surface area contributed by atoms with Crippen molar-refractivity contribution in [1.82, 2.24) is 20.1 Å². The summed E-state index contributed by atoms with van der Waals surface area (Å²) in [6.07, 6.45) is 3.45. The molecule has 1 aliphatic rings. The maximum atomic E-state index is 13.6. The lowest BCUT2D eigenvalue weighted by Crippen LogP contribution is -2.62. The first kappa shape index (κ1) is 25.2. The highest BCUT2D eigenvalue weighted by Gasteiger charge is 2.42. The molecular weight excluding hydrogens is 507 g/mol. The standard InChI is InChI=1S/C25H24Cl2N4O3S/c26-19-5-3-17(4-6-19)12-22(27)31-16-24(33)30(15-18-7-9-28-10-8-18)21(25(31)34)13-23(32)29-14-20-2-1-11-35-20/h1-11,21-22H,12-16H2,(H,29,32). The minimum Gasteiger partial charge on any atom is -0.351 e. The minimum absolute atomic E-state index is 0.151. The highest BCUT2D eigenvalue weighted by molar-refractivity contribution is 7.09. The second-order valence-electron chi connectivity index (χ2n) is 8.18. The summed E-state index contributed by atoms with van der Waals surface area (Å²) in [5, 5.41) is 5.38. The van der Waals surface area contributed by atoms with Gasteiger partial charge in [-0.25, -0.2) is 0 Å². The average Bonchev–Trinajstić information content (AvgIpc) is 3.38. The van der Waals surface area contributed by atoms with Crippen molar-refractivity contribution in [3.05, 3.63) is 87.3 Å². The molecule has 182 valence electrons. The summed E-state index contributed by atoms with van der Waals surface area (Å²) in [4.78, 5) is 47.4. The van der Waals surface area contributed by atoms with E-state index in [1.54, 1.807) is 36.7 Å².